The van der Waals surface area contributed by atoms with E-state index in [1.54, 1.807) is 0 Å². The van der Waals surface area contributed by atoms with Crippen molar-refractivity contribution in [1.29, 1.82) is 0 Å². The van der Waals surface area contributed by atoms with Gasteiger partial charge in [-0.2, -0.15) is 0 Å². The topological polar surface area (TPSA) is 59.2 Å². The Balaban J connectivity index is 1.49. The molecule has 1 aromatic heterocycles. The van der Waals surface area contributed by atoms with Gasteiger partial charge < -0.3 is 4.42 Å². The SMILES string of the molecule is Cc1ccc(C(=O)CSc2nnc(CN3CCC(C)CC3)o2)cc1. The van der Waals surface area contributed by atoms with E-state index in [9.17, 15) is 4.79 Å². The molecule has 2 aromatic rings. The van der Waals surface area contributed by atoms with E-state index in [0.717, 1.165) is 30.1 Å². The molecule has 1 aliphatic heterocycles. The van der Waals surface area contributed by atoms with Gasteiger partial charge in [0, 0.05) is 5.56 Å². The van der Waals surface area contributed by atoms with Gasteiger partial charge in [0.15, 0.2) is 5.78 Å². The summed E-state index contributed by atoms with van der Waals surface area (Å²) in [5, 5.41) is 8.61. The van der Waals surface area contributed by atoms with Crippen molar-refractivity contribution >= 4 is 17.5 Å². The van der Waals surface area contributed by atoms with Gasteiger partial charge in [0.05, 0.1) is 12.3 Å². The number of carbonyl (C=O) groups is 1. The van der Waals surface area contributed by atoms with Crippen LogP contribution in [-0.4, -0.2) is 39.7 Å². The van der Waals surface area contributed by atoms with E-state index < -0.39 is 0 Å². The molecule has 0 atom stereocenters. The fourth-order valence-corrected chi connectivity index (χ4v) is 3.40. The van der Waals surface area contributed by atoms with Gasteiger partial charge in [-0.05, 0) is 38.8 Å². The van der Waals surface area contributed by atoms with Crippen molar-refractivity contribution < 1.29 is 9.21 Å². The van der Waals surface area contributed by atoms with E-state index in [0.29, 0.717) is 23.4 Å². The summed E-state index contributed by atoms with van der Waals surface area (Å²) in [6.07, 6.45) is 2.45. The number of benzene rings is 1. The summed E-state index contributed by atoms with van der Waals surface area (Å²) in [7, 11) is 0. The zero-order valence-corrected chi connectivity index (χ0v) is 15.0. The highest BCUT2D eigenvalue weighted by Crippen LogP contribution is 2.21. The van der Waals surface area contributed by atoms with Gasteiger partial charge >= 0.3 is 0 Å². The maximum atomic E-state index is 12.2. The smallest absolute Gasteiger partial charge is 0.277 e. The molecule has 0 saturated carbocycles. The quantitative estimate of drug-likeness (QED) is 0.589. The second kappa shape index (κ2) is 7.94. The Hall–Kier alpha value is -1.66. The third-order valence-corrected chi connectivity index (χ3v) is 5.20. The van der Waals surface area contributed by atoms with Crippen LogP contribution in [0.2, 0.25) is 0 Å². The summed E-state index contributed by atoms with van der Waals surface area (Å²) in [4.78, 5) is 14.5. The first-order valence-corrected chi connectivity index (χ1v) is 9.36. The van der Waals surface area contributed by atoms with Gasteiger partial charge in [-0.3, -0.25) is 9.69 Å². The molecular weight excluding hydrogens is 322 g/mol. The summed E-state index contributed by atoms with van der Waals surface area (Å²) in [5.41, 5.74) is 1.86. The predicted octanol–water partition coefficient (Wildman–Crippen LogP) is 3.58. The van der Waals surface area contributed by atoms with Crippen LogP contribution >= 0.6 is 11.8 Å². The molecule has 1 aliphatic rings. The van der Waals surface area contributed by atoms with Crippen LogP contribution in [0.5, 0.6) is 0 Å². The molecule has 6 heteroatoms. The number of likely N-dealkylation sites (tertiary alicyclic amines) is 1. The van der Waals surface area contributed by atoms with Crippen LogP contribution in [0.4, 0.5) is 0 Å². The monoisotopic (exact) mass is 345 g/mol. The van der Waals surface area contributed by atoms with Gasteiger partial charge in [0.2, 0.25) is 5.89 Å². The number of hydrogen-bond acceptors (Lipinski definition) is 6. The van der Waals surface area contributed by atoms with E-state index in [-0.39, 0.29) is 5.78 Å². The first-order chi connectivity index (χ1) is 11.6. The van der Waals surface area contributed by atoms with E-state index in [1.807, 2.05) is 31.2 Å². The lowest BCUT2D eigenvalue weighted by atomic mass is 9.99. The van der Waals surface area contributed by atoms with Crippen molar-refractivity contribution in [1.82, 2.24) is 15.1 Å². The number of piperidine rings is 1. The van der Waals surface area contributed by atoms with Crippen LogP contribution in [0.3, 0.4) is 0 Å². The van der Waals surface area contributed by atoms with Crippen molar-refractivity contribution in [2.75, 3.05) is 18.8 Å². The van der Waals surface area contributed by atoms with Crippen molar-refractivity contribution in [3.05, 3.63) is 41.3 Å². The summed E-state index contributed by atoms with van der Waals surface area (Å²) in [6.45, 7) is 7.16. The van der Waals surface area contributed by atoms with Crippen molar-refractivity contribution in [3.63, 3.8) is 0 Å². The minimum atomic E-state index is 0.0739. The van der Waals surface area contributed by atoms with Gasteiger partial charge in [-0.25, -0.2) is 0 Å². The Bertz CT molecular complexity index is 676. The highest BCUT2D eigenvalue weighted by atomic mass is 32.2. The summed E-state index contributed by atoms with van der Waals surface area (Å²) in [6, 6.07) is 7.61. The van der Waals surface area contributed by atoms with Crippen LogP contribution in [0.15, 0.2) is 33.9 Å². The largest absolute Gasteiger partial charge is 0.415 e. The molecule has 0 aliphatic carbocycles. The van der Waals surface area contributed by atoms with Gasteiger partial charge in [-0.15, -0.1) is 10.2 Å². The van der Waals surface area contributed by atoms with Crippen LogP contribution in [-0.2, 0) is 6.54 Å². The third kappa shape index (κ3) is 4.68. The van der Waals surface area contributed by atoms with Crippen molar-refractivity contribution in [2.45, 2.75) is 38.5 Å². The van der Waals surface area contributed by atoms with Crippen molar-refractivity contribution in [2.24, 2.45) is 5.92 Å². The predicted molar refractivity (Wildman–Crippen MR) is 94.2 cm³/mol. The Morgan fingerprint density at radius 1 is 1.25 bits per heavy atom. The lowest BCUT2D eigenvalue weighted by Crippen LogP contribution is -2.32. The second-order valence-electron chi connectivity index (χ2n) is 6.50. The van der Waals surface area contributed by atoms with E-state index in [4.69, 9.17) is 4.42 Å². The van der Waals surface area contributed by atoms with Gasteiger partial charge in [-0.1, -0.05) is 48.5 Å². The molecule has 0 radical (unpaired) electrons. The number of hydrogen-bond donors (Lipinski definition) is 0. The molecule has 2 heterocycles. The first kappa shape index (κ1) is 17.2. The number of ketones is 1. The maximum absolute atomic E-state index is 12.2. The molecule has 1 fully saturated rings. The molecule has 5 nitrogen and oxygen atoms in total. The fraction of sp³-hybridized carbons (Fsp3) is 0.500. The molecule has 3 rings (SSSR count). The van der Waals surface area contributed by atoms with Gasteiger partial charge in [0.25, 0.3) is 5.22 Å². The average Bonchev–Trinajstić information content (AvgIpc) is 3.03. The minimum Gasteiger partial charge on any atom is -0.415 e. The summed E-state index contributed by atoms with van der Waals surface area (Å²) < 4.78 is 5.67. The van der Waals surface area contributed by atoms with E-state index in [1.165, 1.54) is 24.6 Å². The Labute approximate surface area is 146 Å². The fourth-order valence-electron chi connectivity index (χ4n) is 2.72. The zero-order valence-electron chi connectivity index (χ0n) is 14.2. The molecule has 128 valence electrons. The van der Waals surface area contributed by atoms with Crippen molar-refractivity contribution in [3.8, 4) is 0 Å². The molecule has 0 amide bonds. The number of rotatable bonds is 6. The lowest BCUT2D eigenvalue weighted by Gasteiger charge is -2.28. The molecular formula is C18H23N3O2S. The summed E-state index contributed by atoms with van der Waals surface area (Å²) in [5.74, 6) is 1.83. The average molecular weight is 345 g/mol. The minimum absolute atomic E-state index is 0.0739. The molecule has 1 saturated heterocycles. The lowest BCUT2D eigenvalue weighted by molar-refractivity contribution is 0.102. The van der Waals surface area contributed by atoms with E-state index >= 15 is 0 Å². The van der Waals surface area contributed by atoms with Crippen LogP contribution in [0.1, 0.15) is 41.6 Å². The van der Waals surface area contributed by atoms with Crippen LogP contribution in [0, 0.1) is 12.8 Å². The molecule has 0 N–H and O–H groups in total. The number of aryl methyl sites for hydroxylation is 1. The highest BCUT2D eigenvalue weighted by Gasteiger charge is 2.18. The standard InChI is InChI=1S/C18H23N3O2S/c1-13-3-5-15(6-4-13)16(22)12-24-18-20-19-17(23-18)11-21-9-7-14(2)8-10-21/h3-6,14H,7-12H2,1-2H3. The first-order valence-electron chi connectivity index (χ1n) is 8.37. The molecule has 0 unspecified atom stereocenters. The Morgan fingerprint density at radius 3 is 2.67 bits per heavy atom. The number of Topliss-reactive ketones (excluding diaryl/α,β-unsaturated/α-hetero) is 1. The van der Waals surface area contributed by atoms with Gasteiger partial charge in [0.1, 0.15) is 0 Å². The van der Waals surface area contributed by atoms with Crippen LogP contribution < -0.4 is 0 Å². The molecule has 0 spiro atoms. The van der Waals surface area contributed by atoms with E-state index in [2.05, 4.69) is 22.0 Å². The van der Waals surface area contributed by atoms with Crippen LogP contribution in [0.25, 0.3) is 0 Å². The molecule has 0 bridgehead atoms. The number of carbonyl (C=O) groups excluding carboxylic acids is 1. The maximum Gasteiger partial charge on any atom is 0.277 e. The third-order valence-electron chi connectivity index (χ3n) is 4.38. The number of aromatic nitrogens is 2. The Kier molecular flexibility index (Phi) is 5.68. The molecule has 1 aromatic carbocycles. The number of thioether (sulfide) groups is 1. The second-order valence-corrected chi connectivity index (χ2v) is 7.42. The normalized spacial score (nSPS) is 16.4. The highest BCUT2D eigenvalue weighted by molar-refractivity contribution is 7.99. The molecule has 24 heavy (non-hydrogen) atoms. The Morgan fingerprint density at radius 2 is 1.96 bits per heavy atom. The number of nitrogens with zero attached hydrogens (tertiary/aromatic N) is 3. The summed E-state index contributed by atoms with van der Waals surface area (Å²) >= 11 is 1.30. The zero-order chi connectivity index (χ0) is 16.9.